The first-order chi connectivity index (χ1) is 16.4. The second-order valence-corrected chi connectivity index (χ2v) is 9.62. The van der Waals surface area contributed by atoms with E-state index in [9.17, 15) is 13.6 Å². The third-order valence-electron chi connectivity index (χ3n) is 6.83. The zero-order valence-corrected chi connectivity index (χ0v) is 18.7. The van der Waals surface area contributed by atoms with Gasteiger partial charge in [0.05, 0.1) is 17.3 Å². The summed E-state index contributed by atoms with van der Waals surface area (Å²) in [6.07, 6.45) is 4.82. The Labute approximate surface area is 197 Å². The van der Waals surface area contributed by atoms with Gasteiger partial charge in [0.2, 0.25) is 0 Å². The second kappa shape index (κ2) is 7.49. The van der Waals surface area contributed by atoms with E-state index in [1.165, 1.54) is 27.7 Å². The van der Waals surface area contributed by atoms with Crippen LogP contribution in [-0.4, -0.2) is 55.4 Å². The largest absolute Gasteiger partial charge is 0.346 e. The topological polar surface area (TPSA) is 113 Å². The van der Waals surface area contributed by atoms with E-state index in [1.807, 2.05) is 4.90 Å². The lowest BCUT2D eigenvalue weighted by atomic mass is 10.0. The highest BCUT2D eigenvalue weighted by atomic mass is 32.2. The first-order valence-electron chi connectivity index (χ1n) is 10.9. The zero-order chi connectivity index (χ0) is 23.6. The summed E-state index contributed by atoms with van der Waals surface area (Å²) in [5.74, 6) is -0.0641. The van der Waals surface area contributed by atoms with Gasteiger partial charge in [-0.3, -0.25) is 15.7 Å². The van der Waals surface area contributed by atoms with E-state index in [0.29, 0.717) is 42.2 Å². The number of urea groups is 1. The summed E-state index contributed by atoms with van der Waals surface area (Å²) in [7, 11) is 0. The van der Waals surface area contributed by atoms with Gasteiger partial charge in [0.25, 0.3) is 0 Å². The van der Waals surface area contributed by atoms with Crippen LogP contribution in [-0.2, 0) is 5.54 Å². The molecule has 2 aromatic heterocycles. The average molecular weight is 483 g/mol. The van der Waals surface area contributed by atoms with Crippen LogP contribution in [0.25, 0.3) is 5.65 Å². The Morgan fingerprint density at radius 1 is 1.24 bits per heavy atom. The van der Waals surface area contributed by atoms with Crippen molar-refractivity contribution in [3.63, 3.8) is 0 Å². The van der Waals surface area contributed by atoms with Crippen LogP contribution in [0.15, 0.2) is 36.7 Å². The summed E-state index contributed by atoms with van der Waals surface area (Å²) in [6.45, 7) is 1.50. The Balaban J connectivity index is 1.32. The molecule has 3 N–H and O–H groups in total. The third-order valence-corrected chi connectivity index (χ3v) is 7.66. The van der Waals surface area contributed by atoms with Crippen molar-refractivity contribution >= 4 is 39.5 Å². The van der Waals surface area contributed by atoms with Crippen molar-refractivity contribution in [3.05, 3.63) is 59.4 Å². The quantitative estimate of drug-likeness (QED) is 0.392. The maximum Gasteiger partial charge on any atom is 0.323 e. The number of halogens is 2. The highest BCUT2D eigenvalue weighted by Gasteiger charge is 2.64. The van der Waals surface area contributed by atoms with E-state index in [0.717, 1.165) is 30.7 Å². The molecule has 9 nitrogen and oxygen atoms in total. The van der Waals surface area contributed by atoms with Crippen LogP contribution >= 0.6 is 11.8 Å². The molecule has 1 saturated carbocycles. The second-order valence-electron chi connectivity index (χ2n) is 8.62. The molecule has 1 aromatic carbocycles. The number of fused-ring (bicyclic) bond motifs is 2. The minimum Gasteiger partial charge on any atom is -0.346 e. The van der Waals surface area contributed by atoms with Crippen molar-refractivity contribution in [2.24, 2.45) is 5.92 Å². The number of thioether (sulfide) groups is 1. The number of benzene rings is 1. The highest BCUT2D eigenvalue weighted by Crippen LogP contribution is 2.63. The first kappa shape index (κ1) is 21.0. The molecule has 0 radical (unpaired) electrons. The molecule has 2 aliphatic heterocycles. The number of nitrogens with one attached hydrogen (secondary N) is 3. The van der Waals surface area contributed by atoms with Gasteiger partial charge >= 0.3 is 6.03 Å². The summed E-state index contributed by atoms with van der Waals surface area (Å²) in [5, 5.41) is 23.6. The number of amides is 2. The molecule has 2 amide bonds. The molecule has 0 unspecified atom stereocenters. The Morgan fingerprint density at radius 2 is 2.09 bits per heavy atom. The number of hydrogen-bond acceptors (Lipinski definition) is 7. The van der Waals surface area contributed by atoms with E-state index in [2.05, 4.69) is 10.4 Å². The number of aromatic nitrogens is 3. The minimum absolute atomic E-state index is 0.0426. The van der Waals surface area contributed by atoms with E-state index >= 15 is 0 Å². The molecular weight excluding hydrogens is 462 g/mol. The molecule has 12 heteroatoms. The fourth-order valence-electron chi connectivity index (χ4n) is 5.14. The van der Waals surface area contributed by atoms with Crippen molar-refractivity contribution in [2.75, 3.05) is 24.5 Å². The molecule has 1 aliphatic carbocycles. The van der Waals surface area contributed by atoms with E-state index in [-0.39, 0.29) is 22.2 Å². The molecule has 3 aromatic rings. The molecule has 6 rings (SSSR count). The summed E-state index contributed by atoms with van der Waals surface area (Å²) >= 11 is 0.853. The standard InChI is InChI=1S/C22H20F2N8OS/c23-13-1-2-16(24)15(9-13)22-10-12(22)3-6-31(22)17-4-7-32-19(29-17)14(11-28-32)18(25)34-20(26)30-8-5-27-21(30)33/h1-2,4,7,9,11-12,25-26H,3,5-6,8,10H2,(H,27,33)/t12-,22+/m0/s1. The number of hydrogen-bond donors (Lipinski definition) is 3. The molecule has 3 fully saturated rings. The number of anilines is 1. The highest BCUT2D eigenvalue weighted by molar-refractivity contribution is 8.26. The van der Waals surface area contributed by atoms with Gasteiger partial charge in [-0.15, -0.1) is 0 Å². The van der Waals surface area contributed by atoms with Gasteiger partial charge in [0, 0.05) is 31.4 Å². The summed E-state index contributed by atoms with van der Waals surface area (Å²) in [6, 6.07) is 5.01. The molecule has 34 heavy (non-hydrogen) atoms. The van der Waals surface area contributed by atoms with Crippen LogP contribution in [0, 0.1) is 28.4 Å². The van der Waals surface area contributed by atoms with Crippen molar-refractivity contribution in [1.29, 1.82) is 10.8 Å². The van der Waals surface area contributed by atoms with Crippen molar-refractivity contribution in [2.45, 2.75) is 18.4 Å². The van der Waals surface area contributed by atoms with Crippen LogP contribution < -0.4 is 10.2 Å². The molecule has 0 bridgehead atoms. The summed E-state index contributed by atoms with van der Waals surface area (Å²) < 4.78 is 30.2. The van der Waals surface area contributed by atoms with Gasteiger partial charge in [-0.1, -0.05) is 0 Å². The molecule has 3 aliphatic rings. The maximum atomic E-state index is 14.7. The van der Waals surface area contributed by atoms with Crippen LogP contribution in [0.5, 0.6) is 0 Å². The number of carbonyl (C=O) groups is 1. The van der Waals surface area contributed by atoms with Gasteiger partial charge in [0.1, 0.15) is 22.5 Å². The monoisotopic (exact) mass is 482 g/mol. The summed E-state index contributed by atoms with van der Waals surface area (Å²) in [5.41, 5.74) is 0.581. The fourth-order valence-corrected chi connectivity index (χ4v) is 5.87. The van der Waals surface area contributed by atoms with Crippen molar-refractivity contribution in [3.8, 4) is 0 Å². The van der Waals surface area contributed by atoms with E-state index in [4.69, 9.17) is 15.8 Å². The van der Waals surface area contributed by atoms with E-state index in [1.54, 1.807) is 12.3 Å². The lowest BCUT2D eigenvalue weighted by Gasteiger charge is -2.30. The lowest BCUT2D eigenvalue weighted by Crippen LogP contribution is -2.34. The van der Waals surface area contributed by atoms with Gasteiger partial charge < -0.3 is 10.2 Å². The van der Waals surface area contributed by atoms with Gasteiger partial charge in [-0.2, -0.15) is 5.10 Å². The summed E-state index contributed by atoms with van der Waals surface area (Å²) in [4.78, 5) is 19.9. The Morgan fingerprint density at radius 3 is 2.85 bits per heavy atom. The van der Waals surface area contributed by atoms with Crippen LogP contribution in [0.3, 0.4) is 0 Å². The molecule has 2 saturated heterocycles. The van der Waals surface area contributed by atoms with Crippen LogP contribution in [0.1, 0.15) is 24.0 Å². The molecule has 2 atom stereocenters. The fraction of sp³-hybridized carbons (Fsp3) is 0.318. The maximum absolute atomic E-state index is 14.7. The van der Waals surface area contributed by atoms with Gasteiger partial charge in [0.15, 0.2) is 10.8 Å². The molecule has 174 valence electrons. The smallest absolute Gasteiger partial charge is 0.323 e. The van der Waals surface area contributed by atoms with Gasteiger partial charge in [-0.25, -0.2) is 23.1 Å². The Bertz CT molecular complexity index is 1380. The van der Waals surface area contributed by atoms with Crippen LogP contribution in [0.2, 0.25) is 0 Å². The molecule has 0 spiro atoms. The normalized spacial score (nSPS) is 23.4. The van der Waals surface area contributed by atoms with Crippen LogP contribution in [0.4, 0.5) is 19.4 Å². The Kier molecular flexibility index (Phi) is 4.63. The lowest BCUT2D eigenvalue weighted by molar-refractivity contribution is 0.234. The SMILES string of the molecule is N=C(SC(=N)N1CCNC1=O)c1cnn2ccc(N3CC[C@H]4C[C@]43c3cc(F)ccc3F)nc12. The average Bonchev–Trinajstić information content (AvgIpc) is 3.14. The first-order valence-corrected chi connectivity index (χ1v) is 11.7. The number of rotatable bonds is 3. The third kappa shape index (κ3) is 3.08. The Hall–Kier alpha value is -3.54. The van der Waals surface area contributed by atoms with Crippen molar-refractivity contribution < 1.29 is 13.6 Å². The minimum atomic E-state index is -0.620. The molecule has 4 heterocycles. The zero-order valence-electron chi connectivity index (χ0n) is 17.9. The van der Waals surface area contributed by atoms with E-state index < -0.39 is 17.2 Å². The molecular formula is C22H20F2N8OS. The predicted molar refractivity (Wildman–Crippen MR) is 123 cm³/mol. The number of amidine groups is 1. The predicted octanol–water partition coefficient (Wildman–Crippen LogP) is 3.15. The van der Waals surface area contributed by atoms with Crippen molar-refractivity contribution in [1.82, 2.24) is 24.8 Å². The number of piperidine rings is 1. The number of carbonyl (C=O) groups excluding carboxylic acids is 1. The van der Waals surface area contributed by atoms with Gasteiger partial charge in [-0.05, 0) is 54.8 Å². The number of nitrogens with zero attached hydrogens (tertiary/aromatic N) is 5.